The average Bonchev–Trinajstić information content (AvgIpc) is 3.23. The maximum atomic E-state index is 12.8. The SMILES string of the molecule is N#Cc1ccc(S(=O)(=O)N2CCN(Cc3cc(-c4ccccc4)no3)CC2)cc1. The Morgan fingerprint density at radius 2 is 1.69 bits per heavy atom. The predicted octanol–water partition coefficient (Wildman–Crippen LogP) is 2.72. The second-order valence-electron chi connectivity index (χ2n) is 6.86. The van der Waals surface area contributed by atoms with Gasteiger partial charge in [-0.2, -0.15) is 9.57 Å². The van der Waals surface area contributed by atoms with Gasteiger partial charge in [0.25, 0.3) is 0 Å². The van der Waals surface area contributed by atoms with Crippen molar-refractivity contribution < 1.29 is 12.9 Å². The molecule has 1 aliphatic heterocycles. The second-order valence-corrected chi connectivity index (χ2v) is 8.80. The normalized spacial score (nSPS) is 15.8. The van der Waals surface area contributed by atoms with Crippen LogP contribution < -0.4 is 0 Å². The van der Waals surface area contributed by atoms with Gasteiger partial charge in [-0.05, 0) is 24.3 Å². The van der Waals surface area contributed by atoms with Crippen LogP contribution in [0.3, 0.4) is 0 Å². The van der Waals surface area contributed by atoms with Crippen LogP contribution in [0.25, 0.3) is 11.3 Å². The summed E-state index contributed by atoms with van der Waals surface area (Å²) >= 11 is 0. The third-order valence-corrected chi connectivity index (χ3v) is 6.87. The first-order chi connectivity index (χ1) is 14.1. The zero-order valence-electron chi connectivity index (χ0n) is 15.7. The Kier molecular flexibility index (Phi) is 5.45. The minimum absolute atomic E-state index is 0.215. The zero-order chi connectivity index (χ0) is 20.3. The molecular weight excluding hydrogens is 388 g/mol. The monoisotopic (exact) mass is 408 g/mol. The minimum Gasteiger partial charge on any atom is -0.359 e. The molecule has 148 valence electrons. The van der Waals surface area contributed by atoms with Crippen molar-refractivity contribution in [1.29, 1.82) is 5.26 Å². The molecule has 0 atom stereocenters. The van der Waals surface area contributed by atoms with E-state index >= 15 is 0 Å². The topological polar surface area (TPSA) is 90.4 Å². The van der Waals surface area contributed by atoms with E-state index in [1.165, 1.54) is 28.6 Å². The molecule has 1 aliphatic rings. The summed E-state index contributed by atoms with van der Waals surface area (Å²) in [5, 5.41) is 13.0. The van der Waals surface area contributed by atoms with Gasteiger partial charge in [0.15, 0.2) is 5.76 Å². The molecule has 0 unspecified atom stereocenters. The fraction of sp³-hybridized carbons (Fsp3) is 0.238. The van der Waals surface area contributed by atoms with Gasteiger partial charge in [-0.3, -0.25) is 4.90 Å². The molecule has 4 rings (SSSR count). The lowest BCUT2D eigenvalue weighted by atomic mass is 10.1. The fourth-order valence-corrected chi connectivity index (χ4v) is 4.75. The molecule has 29 heavy (non-hydrogen) atoms. The van der Waals surface area contributed by atoms with E-state index in [1.54, 1.807) is 0 Å². The van der Waals surface area contributed by atoms with Crippen LogP contribution in [-0.2, 0) is 16.6 Å². The molecule has 1 saturated heterocycles. The first-order valence-electron chi connectivity index (χ1n) is 9.30. The van der Waals surface area contributed by atoms with Crippen molar-refractivity contribution in [2.24, 2.45) is 0 Å². The van der Waals surface area contributed by atoms with Gasteiger partial charge in [0, 0.05) is 37.8 Å². The highest BCUT2D eigenvalue weighted by molar-refractivity contribution is 7.89. The lowest BCUT2D eigenvalue weighted by molar-refractivity contribution is 0.166. The van der Waals surface area contributed by atoms with Crippen molar-refractivity contribution in [3.8, 4) is 17.3 Å². The third-order valence-electron chi connectivity index (χ3n) is 4.96. The lowest BCUT2D eigenvalue weighted by Crippen LogP contribution is -2.48. The highest BCUT2D eigenvalue weighted by atomic mass is 32.2. The molecule has 0 spiro atoms. The van der Waals surface area contributed by atoms with E-state index in [0.29, 0.717) is 38.3 Å². The Bertz CT molecular complexity index is 1110. The molecule has 2 heterocycles. The third kappa shape index (κ3) is 4.22. The first kappa shape index (κ1) is 19.3. The van der Waals surface area contributed by atoms with Gasteiger partial charge in [0.1, 0.15) is 5.69 Å². The van der Waals surface area contributed by atoms with Gasteiger partial charge in [0.05, 0.1) is 23.1 Å². The summed E-state index contributed by atoms with van der Waals surface area (Å²) in [6.45, 7) is 2.61. The zero-order valence-corrected chi connectivity index (χ0v) is 16.5. The van der Waals surface area contributed by atoms with Crippen molar-refractivity contribution in [3.63, 3.8) is 0 Å². The van der Waals surface area contributed by atoms with Gasteiger partial charge in [0.2, 0.25) is 10.0 Å². The molecule has 1 aromatic heterocycles. The second kappa shape index (κ2) is 8.17. The largest absolute Gasteiger partial charge is 0.359 e. The maximum absolute atomic E-state index is 12.8. The van der Waals surface area contributed by atoms with Crippen LogP contribution in [0.5, 0.6) is 0 Å². The van der Waals surface area contributed by atoms with Crippen molar-refractivity contribution in [3.05, 3.63) is 72.0 Å². The van der Waals surface area contributed by atoms with E-state index in [9.17, 15) is 8.42 Å². The van der Waals surface area contributed by atoms with E-state index in [2.05, 4.69) is 10.1 Å². The van der Waals surface area contributed by atoms with Crippen LogP contribution in [0, 0.1) is 11.3 Å². The molecule has 0 amide bonds. The van der Waals surface area contributed by atoms with Crippen molar-refractivity contribution >= 4 is 10.0 Å². The van der Waals surface area contributed by atoms with E-state index in [1.807, 2.05) is 42.5 Å². The highest BCUT2D eigenvalue weighted by Gasteiger charge is 2.28. The number of rotatable bonds is 5. The van der Waals surface area contributed by atoms with Crippen molar-refractivity contribution in [2.75, 3.05) is 26.2 Å². The van der Waals surface area contributed by atoms with Gasteiger partial charge in [-0.15, -0.1) is 0 Å². The minimum atomic E-state index is -3.55. The number of hydrogen-bond donors (Lipinski definition) is 0. The number of benzene rings is 2. The quantitative estimate of drug-likeness (QED) is 0.645. The predicted molar refractivity (Wildman–Crippen MR) is 107 cm³/mol. The summed E-state index contributed by atoms with van der Waals surface area (Å²) in [5.41, 5.74) is 2.24. The summed E-state index contributed by atoms with van der Waals surface area (Å²) in [7, 11) is -3.55. The van der Waals surface area contributed by atoms with E-state index in [4.69, 9.17) is 9.78 Å². The number of nitrogens with zero attached hydrogens (tertiary/aromatic N) is 4. The van der Waals surface area contributed by atoms with E-state index < -0.39 is 10.0 Å². The lowest BCUT2D eigenvalue weighted by Gasteiger charge is -2.33. The molecule has 0 N–H and O–H groups in total. The summed E-state index contributed by atoms with van der Waals surface area (Å²) < 4.78 is 32.6. The molecule has 3 aromatic rings. The van der Waals surface area contributed by atoms with Crippen LogP contribution in [0.4, 0.5) is 0 Å². The Labute approximate surface area is 169 Å². The Morgan fingerprint density at radius 3 is 2.34 bits per heavy atom. The standard InChI is InChI=1S/C21H20N4O3S/c22-15-17-6-8-20(9-7-17)29(26,27)25-12-10-24(11-13-25)16-19-14-21(23-28-19)18-4-2-1-3-5-18/h1-9,14H,10-13,16H2. The van der Waals surface area contributed by atoms with Crippen LogP contribution in [-0.4, -0.2) is 49.0 Å². The molecule has 0 saturated carbocycles. The molecular formula is C21H20N4O3S. The van der Waals surface area contributed by atoms with Gasteiger partial charge in [-0.25, -0.2) is 8.42 Å². The van der Waals surface area contributed by atoms with Crippen LogP contribution in [0.1, 0.15) is 11.3 Å². The fourth-order valence-electron chi connectivity index (χ4n) is 3.33. The number of aromatic nitrogens is 1. The molecule has 0 radical (unpaired) electrons. The Balaban J connectivity index is 1.37. The molecule has 2 aromatic carbocycles. The molecule has 0 bridgehead atoms. The Hall–Kier alpha value is -2.99. The number of piperazine rings is 1. The summed E-state index contributed by atoms with van der Waals surface area (Å²) in [6, 6.07) is 19.8. The Morgan fingerprint density at radius 1 is 1.00 bits per heavy atom. The van der Waals surface area contributed by atoms with Crippen LogP contribution in [0.2, 0.25) is 0 Å². The number of sulfonamides is 1. The first-order valence-corrected chi connectivity index (χ1v) is 10.7. The van der Waals surface area contributed by atoms with E-state index in [-0.39, 0.29) is 4.90 Å². The van der Waals surface area contributed by atoms with Crippen molar-refractivity contribution in [1.82, 2.24) is 14.4 Å². The summed E-state index contributed by atoms with van der Waals surface area (Å²) in [4.78, 5) is 2.37. The molecule has 0 aliphatic carbocycles. The summed E-state index contributed by atoms with van der Waals surface area (Å²) in [6.07, 6.45) is 0. The van der Waals surface area contributed by atoms with Crippen molar-refractivity contribution in [2.45, 2.75) is 11.4 Å². The highest BCUT2D eigenvalue weighted by Crippen LogP contribution is 2.21. The average molecular weight is 408 g/mol. The smallest absolute Gasteiger partial charge is 0.243 e. The molecule has 8 heteroatoms. The van der Waals surface area contributed by atoms with Crippen LogP contribution in [0.15, 0.2) is 70.1 Å². The number of nitriles is 1. The van der Waals surface area contributed by atoms with E-state index in [0.717, 1.165) is 17.0 Å². The van der Waals surface area contributed by atoms with Gasteiger partial charge >= 0.3 is 0 Å². The molecule has 7 nitrogen and oxygen atoms in total. The van der Waals surface area contributed by atoms with Gasteiger partial charge < -0.3 is 4.52 Å². The van der Waals surface area contributed by atoms with Gasteiger partial charge in [-0.1, -0.05) is 35.5 Å². The summed E-state index contributed by atoms with van der Waals surface area (Å²) in [5.74, 6) is 0.757. The maximum Gasteiger partial charge on any atom is 0.243 e. The van der Waals surface area contributed by atoms with Crippen LogP contribution >= 0.6 is 0 Å². The molecule has 1 fully saturated rings. The number of hydrogen-bond acceptors (Lipinski definition) is 6.